The molecule has 0 radical (unpaired) electrons. The molecule has 1 aliphatic heterocycles. The number of carboxylic acid groups (broad SMARTS) is 1. The first-order chi connectivity index (χ1) is 11.1. The highest BCUT2D eigenvalue weighted by atomic mass is 16.5. The molecule has 0 aliphatic carbocycles. The van der Waals surface area contributed by atoms with Crippen LogP contribution in [0.25, 0.3) is 0 Å². The van der Waals surface area contributed by atoms with E-state index in [-0.39, 0.29) is 6.04 Å². The summed E-state index contributed by atoms with van der Waals surface area (Å²) in [4.78, 5) is 17.3. The summed E-state index contributed by atoms with van der Waals surface area (Å²) in [6.07, 6.45) is 5.06. The number of pyridine rings is 1. The molecule has 1 N–H and O–H groups in total. The number of aryl methyl sites for hydroxylation is 1. The maximum absolute atomic E-state index is 11.3. The molecule has 1 aromatic heterocycles. The lowest BCUT2D eigenvalue weighted by molar-refractivity contribution is -0.142. The van der Waals surface area contributed by atoms with E-state index in [9.17, 15) is 9.90 Å². The van der Waals surface area contributed by atoms with Crippen molar-refractivity contribution in [1.82, 2.24) is 9.88 Å². The van der Waals surface area contributed by atoms with Crippen LogP contribution in [0.5, 0.6) is 11.5 Å². The number of benzene rings is 1. The van der Waals surface area contributed by atoms with Gasteiger partial charge in [0.2, 0.25) is 0 Å². The fourth-order valence-electron chi connectivity index (χ4n) is 2.99. The zero-order valence-electron chi connectivity index (χ0n) is 13.1. The molecule has 2 aromatic rings. The van der Waals surface area contributed by atoms with Gasteiger partial charge in [0.05, 0.1) is 6.20 Å². The second kappa shape index (κ2) is 6.79. The van der Waals surface area contributed by atoms with E-state index in [2.05, 4.69) is 11.1 Å². The predicted octanol–water partition coefficient (Wildman–Crippen LogP) is 3.23. The third-order valence-electron chi connectivity index (χ3n) is 4.14. The molecule has 120 valence electrons. The quantitative estimate of drug-likeness (QED) is 0.918. The van der Waals surface area contributed by atoms with Crippen molar-refractivity contribution in [3.8, 4) is 11.5 Å². The molecule has 0 unspecified atom stereocenters. The second-order valence-corrected chi connectivity index (χ2v) is 5.86. The van der Waals surface area contributed by atoms with Gasteiger partial charge in [-0.05, 0) is 55.6 Å². The van der Waals surface area contributed by atoms with Crippen molar-refractivity contribution in [2.75, 3.05) is 6.54 Å². The molecule has 1 fully saturated rings. The Morgan fingerprint density at radius 2 is 2.30 bits per heavy atom. The minimum absolute atomic E-state index is 0.360. The van der Waals surface area contributed by atoms with Crippen molar-refractivity contribution in [1.29, 1.82) is 0 Å². The number of ether oxygens (including phenoxy) is 1. The summed E-state index contributed by atoms with van der Waals surface area (Å²) in [6.45, 7) is 3.49. The average Bonchev–Trinajstić information content (AvgIpc) is 2.99. The van der Waals surface area contributed by atoms with Gasteiger partial charge in [0.1, 0.15) is 17.5 Å². The molecule has 0 bridgehead atoms. The molecule has 0 spiro atoms. The maximum atomic E-state index is 11.3. The van der Waals surface area contributed by atoms with Crippen molar-refractivity contribution >= 4 is 5.97 Å². The Kier molecular flexibility index (Phi) is 4.57. The van der Waals surface area contributed by atoms with Gasteiger partial charge in [0, 0.05) is 12.7 Å². The van der Waals surface area contributed by atoms with Crippen LogP contribution in [0.2, 0.25) is 0 Å². The molecule has 5 nitrogen and oxygen atoms in total. The van der Waals surface area contributed by atoms with E-state index in [4.69, 9.17) is 4.74 Å². The predicted molar refractivity (Wildman–Crippen MR) is 86.6 cm³/mol. The molecular weight excluding hydrogens is 292 g/mol. The Labute approximate surface area is 135 Å². The van der Waals surface area contributed by atoms with Crippen molar-refractivity contribution in [2.24, 2.45) is 0 Å². The summed E-state index contributed by atoms with van der Waals surface area (Å²) in [6, 6.07) is 9.32. The van der Waals surface area contributed by atoms with Gasteiger partial charge in [-0.15, -0.1) is 0 Å². The standard InChI is InChI=1S/C18H20N2O3/c1-13-10-14(12-20-9-3-5-16(20)18(21)22)6-7-17(13)23-15-4-2-8-19-11-15/h2,4,6-8,10-11,16H,3,5,9,12H2,1H3,(H,21,22)/t16-/m0/s1. The number of hydrogen-bond acceptors (Lipinski definition) is 4. The summed E-state index contributed by atoms with van der Waals surface area (Å²) in [5, 5.41) is 9.26. The number of carbonyl (C=O) groups is 1. The van der Waals surface area contributed by atoms with Crippen LogP contribution in [0, 0.1) is 6.92 Å². The van der Waals surface area contributed by atoms with Crippen molar-refractivity contribution in [3.63, 3.8) is 0 Å². The number of aromatic nitrogens is 1. The van der Waals surface area contributed by atoms with E-state index >= 15 is 0 Å². The smallest absolute Gasteiger partial charge is 0.320 e. The summed E-state index contributed by atoms with van der Waals surface area (Å²) >= 11 is 0. The highest BCUT2D eigenvalue weighted by Crippen LogP contribution is 2.27. The van der Waals surface area contributed by atoms with Gasteiger partial charge in [-0.1, -0.05) is 12.1 Å². The fraction of sp³-hybridized carbons (Fsp3) is 0.333. The average molecular weight is 312 g/mol. The molecule has 0 saturated carbocycles. The lowest BCUT2D eigenvalue weighted by Crippen LogP contribution is -2.35. The van der Waals surface area contributed by atoms with Crippen LogP contribution < -0.4 is 4.74 Å². The van der Waals surface area contributed by atoms with E-state index in [1.165, 1.54) is 0 Å². The number of carboxylic acids is 1. The van der Waals surface area contributed by atoms with Crippen LogP contribution in [-0.2, 0) is 11.3 Å². The Hall–Kier alpha value is -2.40. The Morgan fingerprint density at radius 3 is 3.00 bits per heavy atom. The molecule has 3 rings (SSSR count). The summed E-state index contributed by atoms with van der Waals surface area (Å²) in [5.41, 5.74) is 2.13. The lowest BCUT2D eigenvalue weighted by Gasteiger charge is -2.21. The van der Waals surface area contributed by atoms with Gasteiger partial charge in [-0.3, -0.25) is 14.7 Å². The minimum atomic E-state index is -0.726. The monoisotopic (exact) mass is 312 g/mol. The van der Waals surface area contributed by atoms with Crippen molar-refractivity contribution < 1.29 is 14.6 Å². The number of hydrogen-bond donors (Lipinski definition) is 1. The van der Waals surface area contributed by atoms with Gasteiger partial charge in [-0.25, -0.2) is 0 Å². The van der Waals surface area contributed by atoms with Crippen LogP contribution in [0.3, 0.4) is 0 Å². The number of likely N-dealkylation sites (tertiary alicyclic amines) is 1. The van der Waals surface area contributed by atoms with Gasteiger partial charge >= 0.3 is 5.97 Å². The first kappa shape index (κ1) is 15.5. The van der Waals surface area contributed by atoms with E-state index in [0.29, 0.717) is 12.3 Å². The Balaban J connectivity index is 1.71. The Bertz CT molecular complexity index is 688. The second-order valence-electron chi connectivity index (χ2n) is 5.86. The van der Waals surface area contributed by atoms with Crippen LogP contribution in [0.1, 0.15) is 24.0 Å². The molecule has 1 atom stereocenters. The van der Waals surface area contributed by atoms with Gasteiger partial charge in [0.25, 0.3) is 0 Å². The van der Waals surface area contributed by atoms with Crippen LogP contribution >= 0.6 is 0 Å². The van der Waals surface area contributed by atoms with Crippen LogP contribution in [0.15, 0.2) is 42.7 Å². The molecule has 1 aliphatic rings. The third kappa shape index (κ3) is 3.68. The molecule has 1 saturated heterocycles. The van der Waals surface area contributed by atoms with E-state index in [1.54, 1.807) is 12.4 Å². The first-order valence-electron chi connectivity index (χ1n) is 7.78. The zero-order valence-corrected chi connectivity index (χ0v) is 13.1. The largest absolute Gasteiger partial charge is 0.480 e. The van der Waals surface area contributed by atoms with E-state index < -0.39 is 5.97 Å². The molecule has 5 heteroatoms. The molecule has 0 amide bonds. The summed E-state index contributed by atoms with van der Waals surface area (Å²) in [5.74, 6) is 0.766. The van der Waals surface area contributed by atoms with E-state index in [0.717, 1.165) is 36.3 Å². The molecule has 2 heterocycles. The highest BCUT2D eigenvalue weighted by molar-refractivity contribution is 5.73. The zero-order chi connectivity index (χ0) is 16.2. The van der Waals surface area contributed by atoms with Gasteiger partial charge in [0.15, 0.2) is 0 Å². The van der Waals surface area contributed by atoms with E-state index in [1.807, 2.05) is 36.1 Å². The fourth-order valence-corrected chi connectivity index (χ4v) is 2.99. The van der Waals surface area contributed by atoms with Gasteiger partial charge in [-0.2, -0.15) is 0 Å². The van der Waals surface area contributed by atoms with Crippen molar-refractivity contribution in [3.05, 3.63) is 53.9 Å². The van der Waals surface area contributed by atoms with Crippen LogP contribution in [0.4, 0.5) is 0 Å². The molecule has 23 heavy (non-hydrogen) atoms. The van der Waals surface area contributed by atoms with Gasteiger partial charge < -0.3 is 9.84 Å². The maximum Gasteiger partial charge on any atom is 0.320 e. The molecule has 1 aromatic carbocycles. The first-order valence-corrected chi connectivity index (χ1v) is 7.78. The van der Waals surface area contributed by atoms with Crippen LogP contribution in [-0.4, -0.2) is 33.5 Å². The number of rotatable bonds is 5. The highest BCUT2D eigenvalue weighted by Gasteiger charge is 2.30. The summed E-state index contributed by atoms with van der Waals surface area (Å²) in [7, 11) is 0. The topological polar surface area (TPSA) is 62.7 Å². The van der Waals surface area contributed by atoms with Crippen molar-refractivity contribution in [2.45, 2.75) is 32.4 Å². The Morgan fingerprint density at radius 1 is 1.43 bits per heavy atom. The lowest BCUT2D eigenvalue weighted by atomic mass is 10.1. The number of aliphatic carboxylic acids is 1. The summed E-state index contributed by atoms with van der Waals surface area (Å²) < 4.78 is 5.82. The normalized spacial score (nSPS) is 18.0. The SMILES string of the molecule is Cc1cc(CN2CCC[C@H]2C(=O)O)ccc1Oc1cccnc1. The molecular formula is C18H20N2O3. The number of nitrogens with zero attached hydrogens (tertiary/aromatic N) is 2. The minimum Gasteiger partial charge on any atom is -0.480 e. The third-order valence-corrected chi connectivity index (χ3v) is 4.14.